The summed E-state index contributed by atoms with van der Waals surface area (Å²) < 4.78 is 12.4. The molecule has 4 heterocycles. The number of pyridine rings is 1. The van der Waals surface area contributed by atoms with Crippen molar-refractivity contribution in [2.75, 3.05) is 7.05 Å². The van der Waals surface area contributed by atoms with Crippen molar-refractivity contribution in [3.05, 3.63) is 53.7 Å². The van der Waals surface area contributed by atoms with Crippen molar-refractivity contribution < 1.29 is 13.7 Å². The van der Waals surface area contributed by atoms with Crippen molar-refractivity contribution in [3.63, 3.8) is 0 Å². The highest BCUT2D eigenvalue weighted by Gasteiger charge is 2.22. The Hall–Kier alpha value is -3.42. The third-order valence-electron chi connectivity index (χ3n) is 4.15. The quantitative estimate of drug-likeness (QED) is 0.561. The lowest BCUT2D eigenvalue weighted by molar-refractivity contribution is 0.0787. The van der Waals surface area contributed by atoms with Gasteiger partial charge in [-0.15, -0.1) is 0 Å². The highest BCUT2D eigenvalue weighted by molar-refractivity contribution is 6.06. The number of rotatable bonds is 4. The first-order valence-electron chi connectivity index (χ1n) is 8.07. The van der Waals surface area contributed by atoms with Gasteiger partial charge in [0, 0.05) is 32.4 Å². The number of furan rings is 1. The van der Waals surface area contributed by atoms with Crippen LogP contribution in [0.2, 0.25) is 0 Å². The Bertz CT molecular complexity index is 1080. The number of aryl methyl sites for hydroxylation is 2. The Balaban J connectivity index is 1.76. The summed E-state index contributed by atoms with van der Waals surface area (Å²) in [5, 5.41) is 8.71. The van der Waals surface area contributed by atoms with Crippen LogP contribution in [0.5, 0.6) is 0 Å². The van der Waals surface area contributed by atoms with Crippen LogP contribution in [0.15, 0.2) is 45.8 Å². The Morgan fingerprint density at radius 3 is 2.92 bits per heavy atom. The number of fused-ring (bicyclic) bond motifs is 1. The molecule has 0 aliphatic heterocycles. The molecular weight excluding hydrogens is 334 g/mol. The van der Waals surface area contributed by atoms with E-state index in [-0.39, 0.29) is 5.91 Å². The normalized spacial score (nSPS) is 11.2. The molecule has 0 radical (unpaired) electrons. The number of hydrogen-bond donors (Lipinski definition) is 0. The van der Waals surface area contributed by atoms with E-state index < -0.39 is 0 Å². The van der Waals surface area contributed by atoms with Gasteiger partial charge >= 0.3 is 0 Å². The minimum atomic E-state index is -0.152. The van der Waals surface area contributed by atoms with Gasteiger partial charge in [-0.1, -0.05) is 5.16 Å². The predicted octanol–water partition coefficient (Wildman–Crippen LogP) is 2.80. The summed E-state index contributed by atoms with van der Waals surface area (Å²) in [6, 6.07) is 5.27. The number of carbonyl (C=O) groups excluding carboxylic acids is 1. The van der Waals surface area contributed by atoms with E-state index in [2.05, 4.69) is 15.2 Å². The highest BCUT2D eigenvalue weighted by Crippen LogP contribution is 2.28. The maximum Gasteiger partial charge on any atom is 0.259 e. The smallest absolute Gasteiger partial charge is 0.259 e. The van der Waals surface area contributed by atoms with Gasteiger partial charge in [-0.3, -0.25) is 9.48 Å². The molecule has 1 amide bonds. The van der Waals surface area contributed by atoms with Gasteiger partial charge in [0.05, 0.1) is 29.1 Å². The van der Waals surface area contributed by atoms with Gasteiger partial charge in [0.15, 0.2) is 5.76 Å². The number of amides is 1. The number of carbonyl (C=O) groups is 1. The first-order valence-corrected chi connectivity index (χ1v) is 8.07. The molecule has 132 valence electrons. The first-order chi connectivity index (χ1) is 12.5. The Morgan fingerprint density at radius 2 is 2.23 bits per heavy atom. The maximum absolute atomic E-state index is 13.1. The average molecular weight is 351 g/mol. The summed E-state index contributed by atoms with van der Waals surface area (Å²) in [4.78, 5) is 19.2. The molecule has 0 aliphatic rings. The average Bonchev–Trinajstić information content (AvgIpc) is 3.36. The predicted molar refractivity (Wildman–Crippen MR) is 93.2 cm³/mol. The summed E-state index contributed by atoms with van der Waals surface area (Å²) in [6.45, 7) is 2.23. The monoisotopic (exact) mass is 351 g/mol. The van der Waals surface area contributed by atoms with Gasteiger partial charge in [0.25, 0.3) is 11.6 Å². The molecule has 0 aliphatic carbocycles. The van der Waals surface area contributed by atoms with Crippen molar-refractivity contribution in [1.29, 1.82) is 0 Å². The molecule has 0 spiro atoms. The lowest BCUT2D eigenvalue weighted by Crippen LogP contribution is -2.26. The van der Waals surface area contributed by atoms with Crippen LogP contribution in [0.25, 0.3) is 22.6 Å². The third-order valence-corrected chi connectivity index (χ3v) is 4.15. The summed E-state index contributed by atoms with van der Waals surface area (Å²) in [6.07, 6.45) is 5.18. The largest absolute Gasteiger partial charge is 0.463 e. The molecule has 0 unspecified atom stereocenters. The Kier molecular flexibility index (Phi) is 3.80. The van der Waals surface area contributed by atoms with Gasteiger partial charge in [-0.05, 0) is 25.1 Å². The lowest BCUT2D eigenvalue weighted by atomic mass is 10.1. The topological polar surface area (TPSA) is 90.2 Å². The molecule has 26 heavy (non-hydrogen) atoms. The van der Waals surface area contributed by atoms with Gasteiger partial charge in [0.2, 0.25) is 0 Å². The molecule has 0 aromatic carbocycles. The number of aromatic nitrogens is 4. The van der Waals surface area contributed by atoms with E-state index in [4.69, 9.17) is 8.94 Å². The minimum Gasteiger partial charge on any atom is -0.463 e. The third kappa shape index (κ3) is 2.75. The van der Waals surface area contributed by atoms with Gasteiger partial charge in [-0.2, -0.15) is 5.10 Å². The number of nitrogens with zero attached hydrogens (tertiary/aromatic N) is 5. The van der Waals surface area contributed by atoms with E-state index in [1.807, 2.05) is 13.2 Å². The van der Waals surface area contributed by atoms with E-state index >= 15 is 0 Å². The highest BCUT2D eigenvalue weighted by atomic mass is 16.5. The van der Waals surface area contributed by atoms with Crippen molar-refractivity contribution in [2.24, 2.45) is 7.05 Å². The van der Waals surface area contributed by atoms with Gasteiger partial charge < -0.3 is 13.8 Å². The zero-order valence-electron chi connectivity index (χ0n) is 14.6. The minimum absolute atomic E-state index is 0.152. The second-order valence-corrected chi connectivity index (χ2v) is 6.16. The summed E-state index contributed by atoms with van der Waals surface area (Å²) in [5.41, 5.74) is 2.89. The van der Waals surface area contributed by atoms with E-state index in [0.717, 1.165) is 5.56 Å². The first kappa shape index (κ1) is 16.1. The van der Waals surface area contributed by atoms with Crippen LogP contribution in [-0.4, -0.2) is 37.8 Å². The van der Waals surface area contributed by atoms with Crippen LogP contribution < -0.4 is 0 Å². The van der Waals surface area contributed by atoms with Crippen LogP contribution in [0.4, 0.5) is 0 Å². The van der Waals surface area contributed by atoms with E-state index in [9.17, 15) is 4.79 Å². The van der Waals surface area contributed by atoms with Crippen LogP contribution >= 0.6 is 0 Å². The van der Waals surface area contributed by atoms with Crippen LogP contribution in [0.3, 0.4) is 0 Å². The van der Waals surface area contributed by atoms with E-state index in [0.29, 0.717) is 40.4 Å². The van der Waals surface area contributed by atoms with Gasteiger partial charge in [-0.25, -0.2) is 4.98 Å². The molecule has 4 aromatic rings. The molecule has 0 N–H and O–H groups in total. The fourth-order valence-electron chi connectivity index (χ4n) is 2.92. The fraction of sp³-hybridized carbons (Fsp3) is 0.222. The zero-order chi connectivity index (χ0) is 18.3. The molecule has 8 nitrogen and oxygen atoms in total. The Labute approximate surface area is 149 Å². The van der Waals surface area contributed by atoms with Crippen molar-refractivity contribution in [2.45, 2.75) is 13.5 Å². The fourth-order valence-corrected chi connectivity index (χ4v) is 2.92. The second-order valence-electron chi connectivity index (χ2n) is 6.16. The molecule has 8 heteroatoms. The van der Waals surface area contributed by atoms with Crippen molar-refractivity contribution in [3.8, 4) is 11.5 Å². The Morgan fingerprint density at radius 1 is 1.38 bits per heavy atom. The van der Waals surface area contributed by atoms with E-state index in [1.165, 1.54) is 0 Å². The molecule has 4 rings (SSSR count). The maximum atomic E-state index is 13.1. The summed E-state index contributed by atoms with van der Waals surface area (Å²) in [5.74, 6) is 0.408. The molecule has 0 bridgehead atoms. The molecule has 0 fully saturated rings. The molecule has 0 saturated carbocycles. The van der Waals surface area contributed by atoms with Crippen LogP contribution in [0, 0.1) is 6.92 Å². The second kappa shape index (κ2) is 6.14. The number of hydrogen-bond acceptors (Lipinski definition) is 6. The SMILES string of the molecule is Cc1noc2nc(-c3ccco3)cc(C(=O)N(C)Cc3cnn(C)c3)c12. The van der Waals surface area contributed by atoms with Crippen LogP contribution in [-0.2, 0) is 13.6 Å². The summed E-state index contributed by atoms with van der Waals surface area (Å²) in [7, 11) is 3.59. The zero-order valence-corrected chi connectivity index (χ0v) is 14.6. The molecule has 0 saturated heterocycles. The van der Waals surface area contributed by atoms with Crippen molar-refractivity contribution in [1.82, 2.24) is 24.8 Å². The summed E-state index contributed by atoms with van der Waals surface area (Å²) >= 11 is 0. The lowest BCUT2D eigenvalue weighted by Gasteiger charge is -2.17. The van der Waals surface area contributed by atoms with E-state index in [1.54, 1.807) is 54.2 Å². The molecular formula is C18H17N5O3. The van der Waals surface area contributed by atoms with Gasteiger partial charge in [0.1, 0.15) is 5.69 Å². The molecule has 4 aromatic heterocycles. The standard InChI is InChI=1S/C18H17N5O3/c1-11-16-13(18(24)22(2)9-12-8-19-23(3)10-12)7-14(15-5-4-6-25-15)20-17(16)26-21-11/h4-8,10H,9H2,1-3H3. The van der Waals surface area contributed by atoms with Crippen molar-refractivity contribution >= 4 is 17.0 Å². The molecule has 0 atom stereocenters. The van der Waals surface area contributed by atoms with Crippen LogP contribution in [0.1, 0.15) is 21.6 Å².